The molecule has 1 aromatic carbocycles. The molecule has 0 bridgehead atoms. The van der Waals surface area contributed by atoms with Gasteiger partial charge in [0, 0.05) is 12.4 Å². The van der Waals surface area contributed by atoms with E-state index in [0.717, 1.165) is 16.8 Å². The normalized spacial score (nSPS) is 12.6. The van der Waals surface area contributed by atoms with Gasteiger partial charge < -0.3 is 9.47 Å². The molecule has 0 spiro atoms. The van der Waals surface area contributed by atoms with E-state index in [1.165, 1.54) is 7.11 Å². The van der Waals surface area contributed by atoms with Crippen LogP contribution in [-0.2, 0) is 9.53 Å². The Kier molecular flexibility index (Phi) is 5.25. The fourth-order valence-electron chi connectivity index (χ4n) is 1.89. The van der Waals surface area contributed by atoms with Crippen LogP contribution in [0.25, 0.3) is 11.6 Å². The Bertz CT molecular complexity index is 651. The maximum absolute atomic E-state index is 11.3. The largest absolute Gasteiger partial charge is 0.479 e. The minimum Gasteiger partial charge on any atom is -0.479 e. The van der Waals surface area contributed by atoms with Crippen LogP contribution in [0, 0.1) is 0 Å². The lowest BCUT2D eigenvalue weighted by molar-refractivity contribution is -0.147. The van der Waals surface area contributed by atoms with Crippen LogP contribution < -0.4 is 4.74 Å². The molecule has 0 aliphatic carbocycles. The van der Waals surface area contributed by atoms with Gasteiger partial charge in [-0.15, -0.1) is 0 Å². The van der Waals surface area contributed by atoms with Crippen LogP contribution in [-0.4, -0.2) is 29.2 Å². The fourth-order valence-corrected chi connectivity index (χ4v) is 1.89. The van der Waals surface area contributed by atoms with Gasteiger partial charge in [-0.3, -0.25) is 9.97 Å². The van der Waals surface area contributed by atoms with Crippen LogP contribution in [0.3, 0.4) is 0 Å². The molecule has 2 rings (SSSR count). The monoisotopic (exact) mass is 298 g/mol. The van der Waals surface area contributed by atoms with Gasteiger partial charge in [0.05, 0.1) is 19.0 Å². The van der Waals surface area contributed by atoms with Crippen molar-refractivity contribution in [2.45, 2.75) is 20.0 Å². The molecule has 1 aromatic heterocycles. The van der Waals surface area contributed by atoms with E-state index in [-0.39, 0.29) is 0 Å². The second-order valence-corrected chi connectivity index (χ2v) is 4.77. The summed E-state index contributed by atoms with van der Waals surface area (Å²) in [6.07, 6.45) is 6.41. The molecule has 0 saturated heterocycles. The quantitative estimate of drug-likeness (QED) is 0.794. The summed E-state index contributed by atoms with van der Waals surface area (Å²) in [5, 5.41) is 0. The van der Waals surface area contributed by atoms with Gasteiger partial charge in [0.15, 0.2) is 6.10 Å². The summed E-state index contributed by atoms with van der Waals surface area (Å²) in [7, 11) is 1.34. The molecule has 0 fully saturated rings. The van der Waals surface area contributed by atoms with Gasteiger partial charge in [-0.05, 0) is 43.2 Å². The molecule has 0 aliphatic heterocycles. The van der Waals surface area contributed by atoms with Gasteiger partial charge in [-0.25, -0.2) is 4.79 Å². The van der Waals surface area contributed by atoms with Crippen molar-refractivity contribution in [3.63, 3.8) is 0 Å². The topological polar surface area (TPSA) is 61.3 Å². The third-order valence-electron chi connectivity index (χ3n) is 3.08. The van der Waals surface area contributed by atoms with Crippen molar-refractivity contribution in [2.75, 3.05) is 7.11 Å². The van der Waals surface area contributed by atoms with Crippen molar-refractivity contribution in [3.8, 4) is 5.75 Å². The van der Waals surface area contributed by atoms with Gasteiger partial charge in [-0.2, -0.15) is 0 Å². The van der Waals surface area contributed by atoms with Crippen LogP contribution in [0.4, 0.5) is 0 Å². The first kappa shape index (κ1) is 15.7. The van der Waals surface area contributed by atoms with E-state index >= 15 is 0 Å². The number of carbonyl (C=O) groups is 1. The maximum Gasteiger partial charge on any atom is 0.346 e. The summed E-state index contributed by atoms with van der Waals surface area (Å²) in [6.45, 7) is 3.63. The lowest BCUT2D eigenvalue weighted by atomic mass is 10.1. The average molecular weight is 298 g/mol. The van der Waals surface area contributed by atoms with Crippen LogP contribution in [0.1, 0.15) is 25.1 Å². The number of ether oxygens (including phenoxy) is 2. The molecule has 1 atom stereocenters. The molecule has 114 valence electrons. The Morgan fingerprint density at radius 2 is 1.95 bits per heavy atom. The Hall–Kier alpha value is -2.69. The minimum atomic E-state index is -0.632. The molecule has 5 heteroatoms. The van der Waals surface area contributed by atoms with Crippen LogP contribution >= 0.6 is 0 Å². The Morgan fingerprint density at radius 3 is 2.55 bits per heavy atom. The standard InChI is InChI=1S/C17H18N2O3/c1-12(16-11-18-8-9-19-16)10-14-4-6-15(7-5-14)22-13(2)17(20)21-3/h4-11,13H,1-3H3/b12-10+. The molecule has 22 heavy (non-hydrogen) atoms. The molecule has 0 amide bonds. The number of carbonyl (C=O) groups excluding carboxylic acids is 1. The lowest BCUT2D eigenvalue weighted by Crippen LogP contribution is -2.24. The van der Waals surface area contributed by atoms with E-state index in [9.17, 15) is 4.79 Å². The molecule has 0 N–H and O–H groups in total. The molecule has 0 saturated carbocycles. The third kappa shape index (κ3) is 4.15. The van der Waals surface area contributed by atoms with Gasteiger partial charge in [0.2, 0.25) is 0 Å². The molecule has 0 aliphatic rings. The highest BCUT2D eigenvalue weighted by molar-refractivity contribution is 5.78. The second kappa shape index (κ2) is 7.36. The summed E-state index contributed by atoms with van der Waals surface area (Å²) in [4.78, 5) is 19.6. The minimum absolute atomic E-state index is 0.400. The first-order chi connectivity index (χ1) is 10.6. The first-order valence-electron chi connectivity index (χ1n) is 6.89. The van der Waals surface area contributed by atoms with Crippen molar-refractivity contribution in [1.29, 1.82) is 0 Å². The average Bonchev–Trinajstić information content (AvgIpc) is 2.56. The zero-order chi connectivity index (χ0) is 15.9. The van der Waals surface area contributed by atoms with Crippen LogP contribution in [0.15, 0.2) is 42.9 Å². The van der Waals surface area contributed by atoms with Gasteiger partial charge >= 0.3 is 5.97 Å². The summed E-state index contributed by atoms with van der Waals surface area (Å²) in [6, 6.07) is 7.46. The second-order valence-electron chi connectivity index (χ2n) is 4.77. The predicted molar refractivity (Wildman–Crippen MR) is 84.1 cm³/mol. The van der Waals surface area contributed by atoms with Gasteiger partial charge in [0.1, 0.15) is 5.75 Å². The summed E-state index contributed by atoms with van der Waals surface area (Å²) in [5.41, 5.74) is 2.87. The van der Waals surface area contributed by atoms with Crippen molar-refractivity contribution >= 4 is 17.6 Å². The fraction of sp³-hybridized carbons (Fsp3) is 0.235. The zero-order valence-corrected chi connectivity index (χ0v) is 12.8. The van der Waals surface area contributed by atoms with Crippen molar-refractivity contribution in [3.05, 3.63) is 54.1 Å². The van der Waals surface area contributed by atoms with Gasteiger partial charge in [-0.1, -0.05) is 12.1 Å². The predicted octanol–water partition coefficient (Wildman–Crippen LogP) is 2.98. The maximum atomic E-state index is 11.3. The molecule has 0 radical (unpaired) electrons. The Morgan fingerprint density at radius 1 is 1.23 bits per heavy atom. The van der Waals surface area contributed by atoms with E-state index in [4.69, 9.17) is 4.74 Å². The summed E-state index contributed by atoms with van der Waals surface area (Å²) >= 11 is 0. The number of hydrogen-bond acceptors (Lipinski definition) is 5. The highest BCUT2D eigenvalue weighted by Crippen LogP contribution is 2.18. The number of benzene rings is 1. The number of nitrogens with zero attached hydrogens (tertiary/aromatic N) is 2. The number of hydrogen-bond donors (Lipinski definition) is 0. The number of rotatable bonds is 5. The molecule has 2 aromatic rings. The van der Waals surface area contributed by atoms with Crippen molar-refractivity contribution < 1.29 is 14.3 Å². The van der Waals surface area contributed by atoms with Crippen LogP contribution in [0.5, 0.6) is 5.75 Å². The molecular weight excluding hydrogens is 280 g/mol. The SMILES string of the molecule is COC(=O)C(C)Oc1ccc(/C=C(\C)c2cnccn2)cc1. The van der Waals surface area contributed by atoms with Gasteiger partial charge in [0.25, 0.3) is 0 Å². The highest BCUT2D eigenvalue weighted by atomic mass is 16.6. The smallest absolute Gasteiger partial charge is 0.346 e. The van der Waals surface area contributed by atoms with E-state index in [0.29, 0.717) is 5.75 Å². The summed E-state index contributed by atoms with van der Waals surface area (Å²) in [5.74, 6) is 0.217. The molecule has 5 nitrogen and oxygen atoms in total. The van der Waals surface area contributed by atoms with E-state index < -0.39 is 12.1 Å². The lowest BCUT2D eigenvalue weighted by Gasteiger charge is -2.12. The molecule has 1 unspecified atom stereocenters. The third-order valence-corrected chi connectivity index (χ3v) is 3.08. The first-order valence-corrected chi connectivity index (χ1v) is 6.89. The Labute approximate surface area is 129 Å². The Balaban J connectivity index is 2.07. The van der Waals surface area contributed by atoms with Crippen molar-refractivity contribution in [2.24, 2.45) is 0 Å². The van der Waals surface area contributed by atoms with Crippen LogP contribution in [0.2, 0.25) is 0 Å². The van der Waals surface area contributed by atoms with E-state index in [1.807, 2.05) is 37.3 Å². The van der Waals surface area contributed by atoms with E-state index in [2.05, 4.69) is 14.7 Å². The number of methoxy groups -OCH3 is 1. The molecular formula is C17H18N2O3. The number of allylic oxidation sites excluding steroid dienone is 1. The van der Waals surface area contributed by atoms with Crippen molar-refractivity contribution in [1.82, 2.24) is 9.97 Å². The molecule has 1 heterocycles. The number of aromatic nitrogens is 2. The summed E-state index contributed by atoms with van der Waals surface area (Å²) < 4.78 is 10.1. The number of esters is 1. The van der Waals surface area contributed by atoms with E-state index in [1.54, 1.807) is 25.5 Å². The highest BCUT2D eigenvalue weighted by Gasteiger charge is 2.14. The zero-order valence-electron chi connectivity index (χ0n) is 12.8.